The van der Waals surface area contributed by atoms with Crippen molar-refractivity contribution in [2.45, 2.75) is 39.2 Å². The van der Waals surface area contributed by atoms with Crippen LogP contribution in [-0.2, 0) is 0 Å². The number of aliphatic hydroxyl groups excluding tert-OH is 1. The highest BCUT2D eigenvalue weighted by Gasteiger charge is 2.25. The second-order valence-electron chi connectivity index (χ2n) is 5.27. The summed E-state index contributed by atoms with van der Waals surface area (Å²) in [6.45, 7) is 6.25. The quantitative estimate of drug-likeness (QED) is 0.854. The first-order chi connectivity index (χ1) is 8.61. The molecular formula is C15H22BrNO. The van der Waals surface area contributed by atoms with Gasteiger partial charge < -0.3 is 10.0 Å². The molecule has 0 heterocycles. The lowest BCUT2D eigenvalue weighted by Crippen LogP contribution is -2.27. The molecule has 1 aliphatic carbocycles. The fourth-order valence-electron chi connectivity index (χ4n) is 2.34. The van der Waals surface area contributed by atoms with Gasteiger partial charge in [-0.05, 0) is 50.3 Å². The second-order valence-corrected chi connectivity index (χ2v) is 6.18. The molecule has 18 heavy (non-hydrogen) atoms. The van der Waals surface area contributed by atoms with E-state index >= 15 is 0 Å². The lowest BCUT2D eigenvalue weighted by Gasteiger charge is -2.28. The van der Waals surface area contributed by atoms with Crippen LogP contribution in [0.15, 0.2) is 22.7 Å². The van der Waals surface area contributed by atoms with Crippen LogP contribution in [0.1, 0.15) is 44.8 Å². The summed E-state index contributed by atoms with van der Waals surface area (Å²) in [6.07, 6.45) is 3.44. The van der Waals surface area contributed by atoms with Crippen LogP contribution in [0.5, 0.6) is 0 Å². The van der Waals surface area contributed by atoms with Crippen molar-refractivity contribution >= 4 is 21.6 Å². The van der Waals surface area contributed by atoms with Gasteiger partial charge in [-0.1, -0.05) is 22.9 Å². The number of anilines is 1. The van der Waals surface area contributed by atoms with E-state index in [0.717, 1.165) is 35.5 Å². The first-order valence-corrected chi connectivity index (χ1v) is 7.63. The van der Waals surface area contributed by atoms with E-state index < -0.39 is 6.10 Å². The number of rotatable bonds is 6. The average molecular weight is 312 g/mol. The van der Waals surface area contributed by atoms with Crippen LogP contribution in [0.3, 0.4) is 0 Å². The number of hydrogen-bond acceptors (Lipinski definition) is 2. The van der Waals surface area contributed by atoms with Gasteiger partial charge in [0.1, 0.15) is 0 Å². The average Bonchev–Trinajstić information content (AvgIpc) is 3.12. The Bertz CT molecular complexity index is 401. The summed E-state index contributed by atoms with van der Waals surface area (Å²) in [6, 6.07) is 6.23. The zero-order chi connectivity index (χ0) is 13.1. The van der Waals surface area contributed by atoms with Crippen LogP contribution in [0, 0.1) is 5.92 Å². The molecule has 0 aliphatic heterocycles. The van der Waals surface area contributed by atoms with Gasteiger partial charge in [0.2, 0.25) is 0 Å². The summed E-state index contributed by atoms with van der Waals surface area (Å²) in [5, 5.41) is 9.95. The Labute approximate surface area is 118 Å². The van der Waals surface area contributed by atoms with Crippen molar-refractivity contribution in [3.8, 4) is 0 Å². The molecule has 1 saturated carbocycles. The zero-order valence-corrected chi connectivity index (χ0v) is 12.8. The summed E-state index contributed by atoms with van der Waals surface area (Å²) in [5.41, 5.74) is 2.22. The molecule has 0 radical (unpaired) electrons. The van der Waals surface area contributed by atoms with Gasteiger partial charge in [-0.25, -0.2) is 0 Å². The molecule has 0 saturated heterocycles. The molecule has 1 unspecified atom stereocenters. The minimum atomic E-state index is -0.420. The van der Waals surface area contributed by atoms with Crippen molar-refractivity contribution in [2.75, 3.05) is 18.0 Å². The topological polar surface area (TPSA) is 23.5 Å². The molecule has 2 nitrogen and oxygen atoms in total. The molecule has 0 aromatic heterocycles. The first-order valence-electron chi connectivity index (χ1n) is 6.84. The zero-order valence-electron chi connectivity index (χ0n) is 11.2. The van der Waals surface area contributed by atoms with Gasteiger partial charge in [-0.15, -0.1) is 0 Å². The number of nitrogens with zero attached hydrogens (tertiary/aromatic N) is 1. The lowest BCUT2D eigenvalue weighted by molar-refractivity contribution is 0.199. The summed E-state index contributed by atoms with van der Waals surface area (Å²) in [4.78, 5) is 2.44. The van der Waals surface area contributed by atoms with Gasteiger partial charge >= 0.3 is 0 Å². The van der Waals surface area contributed by atoms with E-state index in [1.165, 1.54) is 18.5 Å². The number of aliphatic hydroxyl groups is 1. The highest BCUT2D eigenvalue weighted by molar-refractivity contribution is 9.10. The van der Waals surface area contributed by atoms with Crippen LogP contribution < -0.4 is 4.90 Å². The first kappa shape index (κ1) is 13.9. The van der Waals surface area contributed by atoms with E-state index in [2.05, 4.69) is 39.9 Å². The van der Waals surface area contributed by atoms with E-state index in [0.29, 0.717) is 0 Å². The molecule has 1 atom stereocenters. The highest BCUT2D eigenvalue weighted by Crippen LogP contribution is 2.35. The Morgan fingerprint density at radius 3 is 2.72 bits per heavy atom. The molecule has 1 N–H and O–H groups in total. The predicted octanol–water partition coefficient (Wildman–Crippen LogP) is 4.13. The van der Waals surface area contributed by atoms with Crippen molar-refractivity contribution in [1.29, 1.82) is 0 Å². The van der Waals surface area contributed by atoms with Gasteiger partial charge in [0, 0.05) is 28.8 Å². The molecular weight excluding hydrogens is 290 g/mol. The van der Waals surface area contributed by atoms with Crippen LogP contribution >= 0.6 is 15.9 Å². The van der Waals surface area contributed by atoms with Gasteiger partial charge in [-0.2, -0.15) is 0 Å². The maximum Gasteiger partial charge on any atom is 0.0782 e. The molecule has 0 spiro atoms. The maximum atomic E-state index is 9.95. The van der Waals surface area contributed by atoms with Crippen molar-refractivity contribution < 1.29 is 5.11 Å². The van der Waals surface area contributed by atoms with Crippen LogP contribution in [-0.4, -0.2) is 18.2 Å². The van der Waals surface area contributed by atoms with Crippen molar-refractivity contribution in [3.05, 3.63) is 28.2 Å². The molecule has 1 aromatic carbocycles. The molecule has 3 heteroatoms. The van der Waals surface area contributed by atoms with Crippen LogP contribution in [0.25, 0.3) is 0 Å². The molecule has 1 fully saturated rings. The highest BCUT2D eigenvalue weighted by atomic mass is 79.9. The third-order valence-corrected chi connectivity index (χ3v) is 3.94. The standard InChI is InChI=1S/C15H22BrNO/c1-3-8-17(10-12-4-5-12)15-7-6-13(16)9-14(15)11(2)18/h6-7,9,11-12,18H,3-5,8,10H2,1-2H3. The molecule has 2 rings (SSSR count). The third-order valence-electron chi connectivity index (χ3n) is 3.45. The summed E-state index contributed by atoms with van der Waals surface area (Å²) in [5.74, 6) is 0.863. The summed E-state index contributed by atoms with van der Waals surface area (Å²) >= 11 is 3.49. The smallest absolute Gasteiger partial charge is 0.0782 e. The van der Waals surface area contributed by atoms with Gasteiger partial charge in [-0.3, -0.25) is 0 Å². The minimum absolute atomic E-state index is 0.420. The maximum absolute atomic E-state index is 9.95. The third kappa shape index (κ3) is 3.48. The Hall–Kier alpha value is -0.540. The van der Waals surface area contributed by atoms with Crippen molar-refractivity contribution in [3.63, 3.8) is 0 Å². The number of benzene rings is 1. The van der Waals surface area contributed by atoms with E-state index in [9.17, 15) is 5.11 Å². The minimum Gasteiger partial charge on any atom is -0.389 e. The second kappa shape index (κ2) is 6.07. The van der Waals surface area contributed by atoms with E-state index in [1.54, 1.807) is 0 Å². The van der Waals surface area contributed by atoms with Gasteiger partial charge in [0.15, 0.2) is 0 Å². The fraction of sp³-hybridized carbons (Fsp3) is 0.600. The van der Waals surface area contributed by atoms with Crippen molar-refractivity contribution in [1.82, 2.24) is 0 Å². The lowest BCUT2D eigenvalue weighted by atomic mass is 10.1. The van der Waals surface area contributed by atoms with Crippen LogP contribution in [0.2, 0.25) is 0 Å². The summed E-state index contributed by atoms with van der Waals surface area (Å²) in [7, 11) is 0. The largest absolute Gasteiger partial charge is 0.389 e. The predicted molar refractivity (Wildman–Crippen MR) is 80.0 cm³/mol. The SMILES string of the molecule is CCCN(CC1CC1)c1ccc(Br)cc1C(C)O. The van der Waals surface area contributed by atoms with Gasteiger partial charge in [0.25, 0.3) is 0 Å². The summed E-state index contributed by atoms with van der Waals surface area (Å²) < 4.78 is 1.03. The monoisotopic (exact) mass is 311 g/mol. The molecule has 1 aliphatic rings. The van der Waals surface area contributed by atoms with E-state index in [1.807, 2.05) is 13.0 Å². The van der Waals surface area contributed by atoms with Gasteiger partial charge in [0.05, 0.1) is 6.10 Å². The Morgan fingerprint density at radius 2 is 2.17 bits per heavy atom. The number of halogens is 1. The fourth-order valence-corrected chi connectivity index (χ4v) is 2.72. The number of hydrogen-bond donors (Lipinski definition) is 1. The van der Waals surface area contributed by atoms with E-state index in [-0.39, 0.29) is 0 Å². The normalized spacial score (nSPS) is 16.7. The Kier molecular flexibility index (Phi) is 4.68. The molecule has 0 bridgehead atoms. The van der Waals surface area contributed by atoms with E-state index in [4.69, 9.17) is 0 Å². The molecule has 0 amide bonds. The Balaban J connectivity index is 2.26. The Morgan fingerprint density at radius 1 is 1.44 bits per heavy atom. The van der Waals surface area contributed by atoms with Crippen molar-refractivity contribution in [2.24, 2.45) is 5.92 Å². The molecule has 1 aromatic rings. The molecule has 100 valence electrons. The van der Waals surface area contributed by atoms with Crippen LogP contribution in [0.4, 0.5) is 5.69 Å².